The number of hydrogen-bond donors (Lipinski definition) is 2. The Bertz CT molecular complexity index is 777. The summed E-state index contributed by atoms with van der Waals surface area (Å²) in [4.78, 5) is 19.2. The number of rotatable bonds is 3. The number of urea groups is 1. The summed E-state index contributed by atoms with van der Waals surface area (Å²) < 4.78 is 11.0. The monoisotopic (exact) mass is 354 g/mol. The molecule has 7 heteroatoms. The molecule has 1 aromatic heterocycles. The molecule has 2 N–H and O–H groups in total. The molecule has 0 aliphatic carbocycles. The molecule has 7 nitrogen and oxygen atoms in total. The average molecular weight is 354 g/mol. The number of ether oxygens (including phenoxy) is 2. The highest BCUT2D eigenvalue weighted by Gasteiger charge is 2.23. The van der Waals surface area contributed by atoms with Crippen molar-refractivity contribution in [1.29, 1.82) is 0 Å². The number of pyridine rings is 1. The summed E-state index contributed by atoms with van der Waals surface area (Å²) in [5, 5.41) is 6.00. The highest BCUT2D eigenvalue weighted by molar-refractivity contribution is 5.92. The fraction of sp³-hybridized carbons (Fsp3) is 0.368. The van der Waals surface area contributed by atoms with Gasteiger partial charge in [0, 0.05) is 31.3 Å². The number of amides is 2. The molecule has 1 fully saturated rings. The molecule has 136 valence electrons. The number of para-hydroxylation sites is 1. The molecule has 3 heterocycles. The second kappa shape index (κ2) is 7.61. The van der Waals surface area contributed by atoms with E-state index >= 15 is 0 Å². The molecule has 0 spiro atoms. The number of benzene rings is 1. The Hall–Kier alpha value is -2.80. The van der Waals surface area contributed by atoms with Crippen LogP contribution in [0.2, 0.25) is 0 Å². The lowest BCUT2D eigenvalue weighted by Gasteiger charge is -2.30. The summed E-state index contributed by atoms with van der Waals surface area (Å²) in [5.74, 6) is 1.61. The van der Waals surface area contributed by atoms with Gasteiger partial charge >= 0.3 is 6.03 Å². The van der Waals surface area contributed by atoms with Crippen molar-refractivity contribution in [2.24, 2.45) is 0 Å². The largest absolute Gasteiger partial charge is 0.493 e. The van der Waals surface area contributed by atoms with E-state index in [1.54, 1.807) is 6.20 Å². The summed E-state index contributed by atoms with van der Waals surface area (Å²) in [6, 6.07) is 11.2. The summed E-state index contributed by atoms with van der Waals surface area (Å²) in [6.45, 7) is 3.46. The molecular formula is C19H22N4O3. The van der Waals surface area contributed by atoms with E-state index in [2.05, 4.69) is 20.5 Å². The van der Waals surface area contributed by atoms with E-state index in [4.69, 9.17) is 9.47 Å². The molecule has 1 atom stereocenters. The van der Waals surface area contributed by atoms with Crippen LogP contribution >= 0.6 is 0 Å². The van der Waals surface area contributed by atoms with Gasteiger partial charge in [0.25, 0.3) is 0 Å². The Labute approximate surface area is 152 Å². The second-order valence-electron chi connectivity index (χ2n) is 6.30. The van der Waals surface area contributed by atoms with Crippen molar-refractivity contribution < 1.29 is 14.3 Å². The van der Waals surface area contributed by atoms with Gasteiger partial charge in [-0.1, -0.05) is 18.2 Å². The van der Waals surface area contributed by atoms with Crippen LogP contribution in [-0.2, 0) is 4.74 Å². The van der Waals surface area contributed by atoms with Crippen LogP contribution in [0, 0.1) is 0 Å². The SMILES string of the molecule is O=C(Nc1cccnc1N1CCOCC1)N[C@@H]1CCOc2ccccc21. The molecule has 0 bridgehead atoms. The molecule has 2 aromatic rings. The molecule has 2 aliphatic rings. The maximum absolute atomic E-state index is 12.6. The van der Waals surface area contributed by atoms with Gasteiger partial charge in [-0.15, -0.1) is 0 Å². The van der Waals surface area contributed by atoms with Gasteiger partial charge in [0.15, 0.2) is 5.82 Å². The Morgan fingerprint density at radius 1 is 1.12 bits per heavy atom. The molecule has 0 saturated carbocycles. The summed E-state index contributed by atoms with van der Waals surface area (Å²) in [7, 11) is 0. The fourth-order valence-corrected chi connectivity index (χ4v) is 3.33. The van der Waals surface area contributed by atoms with Gasteiger partial charge in [-0.3, -0.25) is 0 Å². The van der Waals surface area contributed by atoms with Gasteiger partial charge in [-0.05, 0) is 18.2 Å². The van der Waals surface area contributed by atoms with E-state index in [1.165, 1.54) is 0 Å². The van der Waals surface area contributed by atoms with Crippen molar-refractivity contribution in [3.63, 3.8) is 0 Å². The first kappa shape index (κ1) is 16.7. The van der Waals surface area contributed by atoms with Gasteiger partial charge in [-0.2, -0.15) is 0 Å². The zero-order valence-corrected chi connectivity index (χ0v) is 14.5. The molecule has 1 aromatic carbocycles. The number of nitrogens with zero attached hydrogens (tertiary/aromatic N) is 2. The van der Waals surface area contributed by atoms with Gasteiger partial charge in [-0.25, -0.2) is 9.78 Å². The third-order valence-corrected chi connectivity index (χ3v) is 4.61. The normalized spacial score (nSPS) is 19.2. The van der Waals surface area contributed by atoms with Crippen LogP contribution in [0.1, 0.15) is 18.0 Å². The van der Waals surface area contributed by atoms with Crippen molar-refractivity contribution in [2.45, 2.75) is 12.5 Å². The second-order valence-corrected chi connectivity index (χ2v) is 6.30. The maximum Gasteiger partial charge on any atom is 0.319 e. The van der Waals surface area contributed by atoms with E-state index in [1.807, 2.05) is 36.4 Å². The molecule has 26 heavy (non-hydrogen) atoms. The number of anilines is 2. The van der Waals surface area contributed by atoms with E-state index in [9.17, 15) is 4.79 Å². The first-order chi connectivity index (χ1) is 12.8. The van der Waals surface area contributed by atoms with Crippen molar-refractivity contribution >= 4 is 17.5 Å². The van der Waals surface area contributed by atoms with Gasteiger partial charge in [0.2, 0.25) is 0 Å². The maximum atomic E-state index is 12.6. The van der Waals surface area contributed by atoms with E-state index in [0.717, 1.165) is 36.6 Å². The molecule has 0 unspecified atom stereocenters. The van der Waals surface area contributed by atoms with Crippen molar-refractivity contribution in [3.8, 4) is 5.75 Å². The third kappa shape index (κ3) is 3.57. The Morgan fingerprint density at radius 3 is 2.85 bits per heavy atom. The number of hydrogen-bond acceptors (Lipinski definition) is 5. The molecule has 2 amide bonds. The van der Waals surface area contributed by atoms with Gasteiger partial charge < -0.3 is 25.0 Å². The van der Waals surface area contributed by atoms with Crippen molar-refractivity contribution in [1.82, 2.24) is 10.3 Å². The van der Waals surface area contributed by atoms with Crippen LogP contribution in [0.25, 0.3) is 0 Å². The first-order valence-electron chi connectivity index (χ1n) is 8.88. The highest BCUT2D eigenvalue weighted by atomic mass is 16.5. The predicted octanol–water partition coefficient (Wildman–Crippen LogP) is 2.56. The van der Waals surface area contributed by atoms with Crippen molar-refractivity contribution in [3.05, 3.63) is 48.2 Å². The lowest BCUT2D eigenvalue weighted by atomic mass is 10.0. The molecule has 0 radical (unpaired) electrons. The Morgan fingerprint density at radius 2 is 1.96 bits per heavy atom. The number of aromatic nitrogens is 1. The number of carbonyl (C=O) groups is 1. The summed E-state index contributed by atoms with van der Waals surface area (Å²) in [5.41, 5.74) is 1.71. The Balaban J connectivity index is 1.46. The summed E-state index contributed by atoms with van der Waals surface area (Å²) >= 11 is 0. The zero-order chi connectivity index (χ0) is 17.8. The average Bonchev–Trinajstić information content (AvgIpc) is 2.69. The minimum atomic E-state index is -0.241. The number of fused-ring (bicyclic) bond motifs is 1. The standard InChI is InChI=1S/C19H22N4O3/c24-19(21-15-7-11-26-17-6-2-1-4-14(15)17)22-16-5-3-8-20-18(16)23-9-12-25-13-10-23/h1-6,8,15H,7,9-13H2,(H2,21,22,24)/t15-/m1/s1. The quantitative estimate of drug-likeness (QED) is 0.886. The number of carbonyl (C=O) groups excluding carboxylic acids is 1. The van der Waals surface area contributed by atoms with Crippen LogP contribution in [0.15, 0.2) is 42.6 Å². The topological polar surface area (TPSA) is 75.7 Å². The first-order valence-corrected chi connectivity index (χ1v) is 8.88. The minimum Gasteiger partial charge on any atom is -0.493 e. The Kier molecular flexibility index (Phi) is 4.88. The van der Waals surface area contributed by atoms with E-state index in [0.29, 0.717) is 25.5 Å². The smallest absolute Gasteiger partial charge is 0.319 e. The molecule has 1 saturated heterocycles. The van der Waals surface area contributed by atoms with Crippen molar-refractivity contribution in [2.75, 3.05) is 43.1 Å². The molecule has 2 aliphatic heterocycles. The predicted molar refractivity (Wildman–Crippen MR) is 98.7 cm³/mol. The van der Waals surface area contributed by atoms with Gasteiger partial charge in [0.1, 0.15) is 5.75 Å². The number of nitrogens with one attached hydrogen (secondary N) is 2. The fourth-order valence-electron chi connectivity index (χ4n) is 3.33. The molecular weight excluding hydrogens is 332 g/mol. The highest BCUT2D eigenvalue weighted by Crippen LogP contribution is 2.31. The lowest BCUT2D eigenvalue weighted by molar-refractivity contribution is 0.122. The van der Waals surface area contributed by atoms with Crippen LogP contribution in [0.3, 0.4) is 0 Å². The van der Waals surface area contributed by atoms with Crippen LogP contribution in [0.5, 0.6) is 5.75 Å². The van der Waals surface area contributed by atoms with E-state index < -0.39 is 0 Å². The minimum absolute atomic E-state index is 0.0662. The van der Waals surface area contributed by atoms with Gasteiger partial charge in [0.05, 0.1) is 31.5 Å². The summed E-state index contributed by atoms with van der Waals surface area (Å²) in [6.07, 6.45) is 2.48. The lowest BCUT2D eigenvalue weighted by Crippen LogP contribution is -2.38. The van der Waals surface area contributed by atoms with Crippen LogP contribution < -0.4 is 20.3 Å². The van der Waals surface area contributed by atoms with Crippen LogP contribution in [-0.4, -0.2) is 43.9 Å². The number of morpholine rings is 1. The third-order valence-electron chi connectivity index (χ3n) is 4.61. The molecule has 4 rings (SSSR count). The zero-order valence-electron chi connectivity index (χ0n) is 14.5. The van der Waals surface area contributed by atoms with Crippen LogP contribution in [0.4, 0.5) is 16.3 Å². The van der Waals surface area contributed by atoms with E-state index in [-0.39, 0.29) is 12.1 Å².